The summed E-state index contributed by atoms with van der Waals surface area (Å²) in [5.74, 6) is 0.195. The van der Waals surface area contributed by atoms with Crippen molar-refractivity contribution in [2.24, 2.45) is 0 Å². The Kier molecular flexibility index (Phi) is 5.66. The number of ether oxygens (including phenoxy) is 1. The topological polar surface area (TPSA) is 32.8 Å². The molecule has 1 atom stereocenters. The first kappa shape index (κ1) is 18.0. The number of amides is 1. The van der Waals surface area contributed by atoms with Crippen molar-refractivity contribution in [1.29, 1.82) is 0 Å². The minimum Gasteiger partial charge on any atom is -0.378 e. The van der Waals surface area contributed by atoms with Gasteiger partial charge in [0.1, 0.15) is 6.04 Å². The Labute approximate surface area is 161 Å². The predicted molar refractivity (Wildman–Crippen MR) is 107 cm³/mol. The van der Waals surface area contributed by atoms with Crippen molar-refractivity contribution in [3.05, 3.63) is 77.9 Å². The van der Waals surface area contributed by atoms with Crippen LogP contribution in [0.2, 0.25) is 0 Å². The van der Waals surface area contributed by atoms with Gasteiger partial charge >= 0.3 is 0 Å². The second kappa shape index (κ2) is 8.51. The summed E-state index contributed by atoms with van der Waals surface area (Å²) in [7, 11) is 0. The maximum atomic E-state index is 13.4. The van der Waals surface area contributed by atoms with Crippen LogP contribution in [0.4, 0.5) is 0 Å². The Morgan fingerprint density at radius 2 is 1.56 bits per heavy atom. The van der Waals surface area contributed by atoms with E-state index in [1.165, 1.54) is 11.1 Å². The Morgan fingerprint density at radius 1 is 0.889 bits per heavy atom. The van der Waals surface area contributed by atoms with E-state index < -0.39 is 0 Å². The van der Waals surface area contributed by atoms with Crippen LogP contribution in [0, 0.1) is 0 Å². The number of hydrogen-bond acceptors (Lipinski definition) is 3. The molecular weight excluding hydrogens is 336 g/mol. The van der Waals surface area contributed by atoms with Gasteiger partial charge in [-0.3, -0.25) is 9.69 Å². The van der Waals surface area contributed by atoms with Gasteiger partial charge in [-0.05, 0) is 23.1 Å². The average molecular weight is 362 g/mol. The van der Waals surface area contributed by atoms with E-state index in [9.17, 15) is 4.79 Å². The molecule has 1 saturated heterocycles. The van der Waals surface area contributed by atoms with Gasteiger partial charge in [0.05, 0.1) is 13.2 Å². The molecule has 1 amide bonds. The van der Waals surface area contributed by atoms with Gasteiger partial charge in [-0.1, -0.05) is 66.7 Å². The first-order chi connectivity index (χ1) is 13.3. The summed E-state index contributed by atoms with van der Waals surface area (Å²) in [4.78, 5) is 17.6. The zero-order valence-corrected chi connectivity index (χ0v) is 15.6. The van der Waals surface area contributed by atoms with Crippen LogP contribution in [0.25, 0.3) is 5.57 Å². The van der Waals surface area contributed by atoms with Crippen molar-refractivity contribution in [3.63, 3.8) is 0 Å². The zero-order valence-electron chi connectivity index (χ0n) is 15.6. The van der Waals surface area contributed by atoms with Crippen molar-refractivity contribution < 1.29 is 9.53 Å². The third-order valence-electron chi connectivity index (χ3n) is 5.42. The number of carbonyl (C=O) groups is 1. The normalized spacial score (nSPS) is 19.4. The van der Waals surface area contributed by atoms with Crippen molar-refractivity contribution in [3.8, 4) is 0 Å². The van der Waals surface area contributed by atoms with E-state index in [4.69, 9.17) is 4.74 Å². The minimum atomic E-state index is -0.224. The van der Waals surface area contributed by atoms with E-state index in [2.05, 4.69) is 47.4 Å². The predicted octanol–water partition coefficient (Wildman–Crippen LogP) is 3.38. The monoisotopic (exact) mass is 362 g/mol. The molecular formula is C23H26N2O2. The highest BCUT2D eigenvalue weighted by atomic mass is 16.5. The first-order valence-electron chi connectivity index (χ1n) is 9.73. The maximum Gasteiger partial charge on any atom is 0.244 e. The van der Waals surface area contributed by atoms with E-state index in [-0.39, 0.29) is 11.9 Å². The summed E-state index contributed by atoms with van der Waals surface area (Å²) in [6.45, 7) is 4.30. The molecule has 2 aliphatic heterocycles. The molecule has 4 heteroatoms. The zero-order chi connectivity index (χ0) is 18.5. The third kappa shape index (κ3) is 4.12. The highest BCUT2D eigenvalue weighted by molar-refractivity contribution is 5.83. The van der Waals surface area contributed by atoms with Crippen LogP contribution >= 0.6 is 0 Å². The SMILES string of the molecule is O=C([C@@H](c1ccccc1)N1CC=C(c2ccccc2)CC1)N1CCOCC1. The van der Waals surface area contributed by atoms with Gasteiger partial charge in [-0.25, -0.2) is 0 Å². The van der Waals surface area contributed by atoms with Gasteiger partial charge in [0.2, 0.25) is 5.91 Å². The van der Waals surface area contributed by atoms with Crippen molar-refractivity contribution in [2.75, 3.05) is 39.4 Å². The Balaban J connectivity index is 1.56. The number of hydrogen-bond donors (Lipinski definition) is 0. The van der Waals surface area contributed by atoms with Crippen molar-refractivity contribution in [1.82, 2.24) is 9.80 Å². The highest BCUT2D eigenvalue weighted by Gasteiger charge is 2.32. The fraction of sp³-hybridized carbons (Fsp3) is 0.348. The summed E-state index contributed by atoms with van der Waals surface area (Å²) < 4.78 is 5.43. The van der Waals surface area contributed by atoms with E-state index in [1.807, 2.05) is 29.2 Å². The van der Waals surface area contributed by atoms with Gasteiger partial charge in [0, 0.05) is 26.2 Å². The summed E-state index contributed by atoms with van der Waals surface area (Å²) >= 11 is 0. The van der Waals surface area contributed by atoms with E-state index in [0.29, 0.717) is 26.3 Å². The summed E-state index contributed by atoms with van der Waals surface area (Å²) in [6.07, 6.45) is 3.24. The van der Waals surface area contributed by atoms with Crippen LogP contribution in [0.15, 0.2) is 66.7 Å². The molecule has 4 nitrogen and oxygen atoms in total. The Bertz CT molecular complexity index is 783. The molecule has 0 N–H and O–H groups in total. The molecule has 2 heterocycles. The lowest BCUT2D eigenvalue weighted by Gasteiger charge is -2.37. The lowest BCUT2D eigenvalue weighted by atomic mass is 9.96. The average Bonchev–Trinajstić information content (AvgIpc) is 2.76. The number of nitrogens with zero attached hydrogens (tertiary/aromatic N) is 2. The van der Waals surface area contributed by atoms with Gasteiger partial charge in [-0.15, -0.1) is 0 Å². The van der Waals surface area contributed by atoms with Crippen LogP contribution in [0.1, 0.15) is 23.6 Å². The molecule has 2 aliphatic rings. The molecule has 0 unspecified atom stereocenters. The smallest absolute Gasteiger partial charge is 0.244 e. The molecule has 2 aromatic carbocycles. The largest absolute Gasteiger partial charge is 0.378 e. The van der Waals surface area contributed by atoms with Crippen LogP contribution in [0.5, 0.6) is 0 Å². The van der Waals surface area contributed by atoms with Crippen LogP contribution in [-0.4, -0.2) is 55.1 Å². The molecule has 2 aromatic rings. The van der Waals surface area contributed by atoms with Crippen molar-refractivity contribution >= 4 is 11.5 Å². The molecule has 140 valence electrons. The van der Waals surface area contributed by atoms with Gasteiger partial charge in [0.25, 0.3) is 0 Å². The Morgan fingerprint density at radius 3 is 2.19 bits per heavy atom. The number of carbonyl (C=O) groups excluding carboxylic acids is 1. The molecule has 0 radical (unpaired) electrons. The summed E-state index contributed by atoms with van der Waals surface area (Å²) in [6, 6.07) is 20.5. The molecule has 0 spiro atoms. The van der Waals surface area contributed by atoms with Gasteiger partial charge in [0.15, 0.2) is 0 Å². The summed E-state index contributed by atoms with van der Waals surface area (Å²) in [5.41, 5.74) is 3.73. The first-order valence-corrected chi connectivity index (χ1v) is 9.73. The second-order valence-corrected chi connectivity index (χ2v) is 7.09. The number of benzene rings is 2. The van der Waals surface area contributed by atoms with Crippen LogP contribution in [0.3, 0.4) is 0 Å². The lowest BCUT2D eigenvalue weighted by Crippen LogP contribution is -2.48. The number of morpholine rings is 1. The highest BCUT2D eigenvalue weighted by Crippen LogP contribution is 2.29. The molecule has 27 heavy (non-hydrogen) atoms. The second-order valence-electron chi connectivity index (χ2n) is 7.09. The van der Waals surface area contributed by atoms with Crippen molar-refractivity contribution in [2.45, 2.75) is 12.5 Å². The molecule has 0 bridgehead atoms. The molecule has 0 aromatic heterocycles. The van der Waals surface area contributed by atoms with Gasteiger partial charge < -0.3 is 9.64 Å². The lowest BCUT2D eigenvalue weighted by molar-refractivity contribution is -0.141. The molecule has 0 saturated carbocycles. The van der Waals surface area contributed by atoms with Crippen LogP contribution < -0.4 is 0 Å². The van der Waals surface area contributed by atoms with E-state index in [1.54, 1.807) is 0 Å². The minimum absolute atomic E-state index is 0.195. The van der Waals surface area contributed by atoms with E-state index in [0.717, 1.165) is 25.1 Å². The quantitative estimate of drug-likeness (QED) is 0.836. The fourth-order valence-corrected chi connectivity index (χ4v) is 3.94. The molecule has 0 aliphatic carbocycles. The molecule has 4 rings (SSSR count). The molecule has 1 fully saturated rings. The van der Waals surface area contributed by atoms with Gasteiger partial charge in [-0.2, -0.15) is 0 Å². The number of rotatable bonds is 4. The third-order valence-corrected chi connectivity index (χ3v) is 5.42. The maximum absolute atomic E-state index is 13.4. The Hall–Kier alpha value is -2.43. The van der Waals surface area contributed by atoms with E-state index >= 15 is 0 Å². The standard InChI is InChI=1S/C23H26N2O2/c26-23(25-15-17-27-18-16-25)22(21-9-5-2-6-10-21)24-13-11-20(12-14-24)19-7-3-1-4-8-19/h1-11,22H,12-18H2/t22-/m1/s1. The fourth-order valence-electron chi connectivity index (χ4n) is 3.94. The summed E-state index contributed by atoms with van der Waals surface area (Å²) in [5, 5.41) is 0. The van der Waals surface area contributed by atoms with Crippen LogP contribution in [-0.2, 0) is 9.53 Å².